The number of carbonyl (C=O) groups excluding carboxylic acids is 1. The van der Waals surface area contributed by atoms with Crippen LogP contribution in [0.15, 0.2) is 0 Å². The van der Waals surface area contributed by atoms with Crippen LogP contribution in [0, 0.1) is 12.3 Å². The summed E-state index contributed by atoms with van der Waals surface area (Å²) in [7, 11) is 0. The Hall–Kier alpha value is -1.01. The number of β-lactam (4-membered cyclic amide) rings is 1. The van der Waals surface area contributed by atoms with Gasteiger partial charge >= 0.3 is 0 Å². The number of hydrogen-bond donors (Lipinski definition) is 2. The zero-order chi connectivity index (χ0) is 6.69. The molecule has 0 saturated carbocycles. The van der Waals surface area contributed by atoms with Crippen molar-refractivity contribution in [3.8, 4) is 12.3 Å². The second-order valence-corrected chi connectivity index (χ2v) is 1.91. The molecule has 0 aromatic carbocycles. The van der Waals surface area contributed by atoms with E-state index >= 15 is 0 Å². The van der Waals surface area contributed by atoms with Crippen LogP contribution in [0.1, 0.15) is 6.42 Å². The fourth-order valence-electron chi connectivity index (χ4n) is 0.664. The monoisotopic (exact) mass is 124 g/mol. The smallest absolute Gasteiger partial charge is 0.224 e. The molecule has 9 heavy (non-hydrogen) atoms. The lowest BCUT2D eigenvalue weighted by atomic mass is 10.2. The highest BCUT2D eigenvalue weighted by molar-refractivity contribution is 5.82. The van der Waals surface area contributed by atoms with Gasteiger partial charge < -0.3 is 5.32 Å². The van der Waals surface area contributed by atoms with E-state index in [-0.39, 0.29) is 12.1 Å². The van der Waals surface area contributed by atoms with Crippen molar-refractivity contribution < 1.29 is 4.79 Å². The van der Waals surface area contributed by atoms with Crippen molar-refractivity contribution in [2.45, 2.75) is 12.6 Å². The summed E-state index contributed by atoms with van der Waals surface area (Å²) in [5, 5.41) is 5.56. The van der Waals surface area contributed by atoms with Crippen LogP contribution in [-0.4, -0.2) is 18.6 Å². The Balaban J connectivity index is 2.05. The summed E-state index contributed by atoms with van der Waals surface area (Å²) < 4.78 is 0. The van der Waals surface area contributed by atoms with Crippen molar-refractivity contribution in [2.24, 2.45) is 0 Å². The first kappa shape index (κ1) is 6.12. The molecule has 1 aliphatic heterocycles. The van der Waals surface area contributed by atoms with Gasteiger partial charge in [-0.15, -0.1) is 6.42 Å². The number of rotatable bonds is 2. The third kappa shape index (κ3) is 1.44. The Kier molecular flexibility index (Phi) is 1.71. The Morgan fingerprint density at radius 2 is 2.67 bits per heavy atom. The summed E-state index contributed by atoms with van der Waals surface area (Å²) in [6.07, 6.45) is 5.64. The van der Waals surface area contributed by atoms with Crippen LogP contribution in [-0.2, 0) is 4.79 Å². The lowest BCUT2D eigenvalue weighted by Gasteiger charge is -2.26. The van der Waals surface area contributed by atoms with E-state index in [0.717, 1.165) is 0 Å². The lowest BCUT2D eigenvalue weighted by Crippen LogP contribution is -2.56. The van der Waals surface area contributed by atoms with E-state index in [0.29, 0.717) is 13.0 Å². The minimum absolute atomic E-state index is 0.0875. The molecule has 3 nitrogen and oxygen atoms in total. The molecule has 2 N–H and O–H groups in total. The van der Waals surface area contributed by atoms with E-state index < -0.39 is 0 Å². The molecular formula is C6H8N2O. The SMILES string of the molecule is C#CCNC1CC(=O)N1. The van der Waals surface area contributed by atoms with Gasteiger partial charge in [0.1, 0.15) is 0 Å². The van der Waals surface area contributed by atoms with E-state index in [4.69, 9.17) is 6.42 Å². The summed E-state index contributed by atoms with van der Waals surface area (Å²) >= 11 is 0. The van der Waals surface area contributed by atoms with Gasteiger partial charge in [-0.05, 0) is 0 Å². The van der Waals surface area contributed by atoms with Crippen molar-refractivity contribution in [2.75, 3.05) is 6.54 Å². The Morgan fingerprint density at radius 1 is 2.00 bits per heavy atom. The molecular weight excluding hydrogens is 116 g/mol. The number of terminal acetylenes is 1. The van der Waals surface area contributed by atoms with Crippen molar-refractivity contribution in [3.05, 3.63) is 0 Å². The summed E-state index contributed by atoms with van der Waals surface area (Å²) in [5.41, 5.74) is 0. The highest BCUT2D eigenvalue weighted by Crippen LogP contribution is 1.98. The van der Waals surface area contributed by atoms with E-state index in [1.807, 2.05) is 0 Å². The van der Waals surface area contributed by atoms with E-state index in [9.17, 15) is 4.79 Å². The lowest BCUT2D eigenvalue weighted by molar-refractivity contribution is -0.128. The highest BCUT2D eigenvalue weighted by atomic mass is 16.2. The molecule has 1 saturated heterocycles. The molecule has 0 aromatic rings. The van der Waals surface area contributed by atoms with Crippen molar-refractivity contribution in [1.29, 1.82) is 0 Å². The van der Waals surface area contributed by atoms with Gasteiger partial charge in [0, 0.05) is 0 Å². The second kappa shape index (κ2) is 2.51. The third-order valence-corrected chi connectivity index (χ3v) is 1.18. The molecule has 1 aliphatic rings. The fraction of sp³-hybridized carbons (Fsp3) is 0.500. The maximum absolute atomic E-state index is 10.3. The highest BCUT2D eigenvalue weighted by Gasteiger charge is 2.23. The molecule has 1 amide bonds. The van der Waals surface area contributed by atoms with Crippen molar-refractivity contribution in [3.63, 3.8) is 0 Å². The topological polar surface area (TPSA) is 41.1 Å². The summed E-state index contributed by atoms with van der Waals surface area (Å²) in [6.45, 7) is 0.519. The minimum atomic E-state index is 0.0875. The largest absolute Gasteiger partial charge is 0.340 e. The normalized spacial score (nSPS) is 23.9. The zero-order valence-electron chi connectivity index (χ0n) is 4.98. The van der Waals surface area contributed by atoms with Gasteiger partial charge in [0.25, 0.3) is 0 Å². The van der Waals surface area contributed by atoms with Gasteiger partial charge in [0.15, 0.2) is 0 Å². The van der Waals surface area contributed by atoms with Crippen LogP contribution in [0.3, 0.4) is 0 Å². The molecule has 1 unspecified atom stereocenters. The van der Waals surface area contributed by atoms with Crippen LogP contribution in [0.4, 0.5) is 0 Å². The van der Waals surface area contributed by atoms with Gasteiger partial charge in [-0.2, -0.15) is 0 Å². The predicted molar refractivity (Wildman–Crippen MR) is 33.4 cm³/mol. The standard InChI is InChI=1S/C6H8N2O/c1-2-3-7-5-4-6(9)8-5/h1,5,7H,3-4H2,(H,8,9). The van der Waals surface area contributed by atoms with Gasteiger partial charge in [-0.3, -0.25) is 10.1 Å². The average molecular weight is 124 g/mol. The van der Waals surface area contributed by atoms with E-state index in [1.165, 1.54) is 0 Å². The molecule has 0 spiro atoms. The maximum Gasteiger partial charge on any atom is 0.224 e. The van der Waals surface area contributed by atoms with Crippen LogP contribution in [0.25, 0.3) is 0 Å². The molecule has 1 rings (SSSR count). The summed E-state index contributed by atoms with van der Waals surface area (Å²) in [6, 6.07) is 0. The zero-order valence-corrected chi connectivity index (χ0v) is 4.98. The fourth-order valence-corrected chi connectivity index (χ4v) is 0.664. The van der Waals surface area contributed by atoms with Crippen molar-refractivity contribution in [1.82, 2.24) is 10.6 Å². The number of nitrogens with one attached hydrogen (secondary N) is 2. The molecule has 0 aromatic heterocycles. The van der Waals surface area contributed by atoms with Crippen LogP contribution < -0.4 is 10.6 Å². The third-order valence-electron chi connectivity index (χ3n) is 1.18. The first-order valence-corrected chi connectivity index (χ1v) is 2.79. The summed E-state index contributed by atoms with van der Waals surface area (Å²) in [5.74, 6) is 2.51. The average Bonchev–Trinajstić information content (AvgIpc) is 1.78. The van der Waals surface area contributed by atoms with Crippen LogP contribution in [0.5, 0.6) is 0 Å². The molecule has 1 heterocycles. The minimum Gasteiger partial charge on any atom is -0.340 e. The molecule has 3 heteroatoms. The van der Waals surface area contributed by atoms with Crippen molar-refractivity contribution >= 4 is 5.91 Å². The Morgan fingerprint density at radius 3 is 3.11 bits per heavy atom. The summed E-state index contributed by atoms with van der Waals surface area (Å²) in [4.78, 5) is 10.3. The molecule has 0 bridgehead atoms. The van der Waals surface area contributed by atoms with E-state index in [1.54, 1.807) is 0 Å². The van der Waals surface area contributed by atoms with Crippen LogP contribution >= 0.6 is 0 Å². The molecule has 1 atom stereocenters. The predicted octanol–water partition coefficient (Wildman–Crippen LogP) is -0.945. The quantitative estimate of drug-likeness (QED) is 0.368. The number of amides is 1. The van der Waals surface area contributed by atoms with Gasteiger partial charge in [0.2, 0.25) is 5.91 Å². The Labute approximate surface area is 53.8 Å². The molecule has 1 fully saturated rings. The van der Waals surface area contributed by atoms with Crippen LogP contribution in [0.2, 0.25) is 0 Å². The molecule has 0 aliphatic carbocycles. The Bertz CT molecular complexity index is 151. The first-order valence-electron chi connectivity index (χ1n) is 2.79. The van der Waals surface area contributed by atoms with Gasteiger partial charge in [0.05, 0.1) is 19.1 Å². The number of hydrogen-bond acceptors (Lipinski definition) is 2. The number of carbonyl (C=O) groups is 1. The van der Waals surface area contributed by atoms with Gasteiger partial charge in [-0.25, -0.2) is 0 Å². The van der Waals surface area contributed by atoms with E-state index in [2.05, 4.69) is 16.6 Å². The maximum atomic E-state index is 10.3. The second-order valence-electron chi connectivity index (χ2n) is 1.91. The first-order chi connectivity index (χ1) is 4.33. The molecule has 0 radical (unpaired) electrons. The van der Waals surface area contributed by atoms with Gasteiger partial charge in [-0.1, -0.05) is 5.92 Å². The molecule has 48 valence electrons.